The minimum absolute atomic E-state index is 0.00795. The van der Waals surface area contributed by atoms with E-state index < -0.39 is 0 Å². The summed E-state index contributed by atoms with van der Waals surface area (Å²) in [5, 5.41) is 19.3. The summed E-state index contributed by atoms with van der Waals surface area (Å²) in [5.74, 6) is -0.00795. The smallest absolute Gasteiger partial charge is 0.250 e. The number of thiophene rings is 1. The Hall–Kier alpha value is -3.11. The van der Waals surface area contributed by atoms with Crippen molar-refractivity contribution in [3.05, 3.63) is 59.7 Å². The molecule has 1 aliphatic heterocycles. The predicted octanol–water partition coefficient (Wildman–Crippen LogP) is 3.02. The van der Waals surface area contributed by atoms with Gasteiger partial charge in [-0.05, 0) is 30.0 Å². The van der Waals surface area contributed by atoms with Crippen molar-refractivity contribution < 1.29 is 4.79 Å². The molecule has 0 saturated carbocycles. The zero-order chi connectivity index (χ0) is 17.2. The standard InChI is InChI=1S/C18H15N5OS/c19-10-13-7-9-25-18(13)22-8-6-16(17(22)24)21-14-11-20-23(12-14)15-4-2-1-3-5-15/h1-5,7,9,11-12,16,21H,6,8H2. The van der Waals surface area contributed by atoms with E-state index in [0.29, 0.717) is 18.5 Å². The van der Waals surface area contributed by atoms with E-state index >= 15 is 0 Å². The Balaban J connectivity index is 1.49. The van der Waals surface area contributed by atoms with Crippen molar-refractivity contribution in [1.29, 1.82) is 5.26 Å². The first kappa shape index (κ1) is 15.4. The number of hydrogen-bond acceptors (Lipinski definition) is 5. The van der Waals surface area contributed by atoms with Gasteiger partial charge in [0.2, 0.25) is 5.91 Å². The molecule has 1 unspecified atom stereocenters. The van der Waals surface area contributed by atoms with Crippen LogP contribution in [0.2, 0.25) is 0 Å². The third-order valence-corrected chi connectivity index (χ3v) is 5.10. The summed E-state index contributed by atoms with van der Waals surface area (Å²) < 4.78 is 1.77. The van der Waals surface area contributed by atoms with E-state index in [4.69, 9.17) is 5.26 Å². The second-order valence-corrected chi connectivity index (χ2v) is 6.63. The maximum Gasteiger partial charge on any atom is 0.250 e. The normalized spacial score (nSPS) is 16.8. The third-order valence-electron chi connectivity index (χ3n) is 4.16. The molecule has 1 aliphatic rings. The van der Waals surface area contributed by atoms with Gasteiger partial charge < -0.3 is 10.2 Å². The molecule has 1 N–H and O–H groups in total. The number of nitrogens with one attached hydrogen (secondary N) is 1. The highest BCUT2D eigenvalue weighted by atomic mass is 32.1. The minimum atomic E-state index is -0.304. The van der Waals surface area contributed by atoms with Crippen molar-refractivity contribution in [2.45, 2.75) is 12.5 Å². The van der Waals surface area contributed by atoms with Crippen LogP contribution in [-0.2, 0) is 4.79 Å². The summed E-state index contributed by atoms with van der Waals surface area (Å²) in [6, 6.07) is 13.4. The number of aromatic nitrogens is 2. The van der Waals surface area contributed by atoms with Crippen LogP contribution in [0.15, 0.2) is 54.2 Å². The van der Waals surface area contributed by atoms with Crippen LogP contribution in [0.3, 0.4) is 0 Å². The summed E-state index contributed by atoms with van der Waals surface area (Å²) in [5.41, 5.74) is 2.32. The molecule has 0 bridgehead atoms. The number of rotatable bonds is 4. The van der Waals surface area contributed by atoms with E-state index in [1.54, 1.807) is 21.8 Å². The Morgan fingerprint density at radius 1 is 1.28 bits per heavy atom. The van der Waals surface area contributed by atoms with Gasteiger partial charge in [0, 0.05) is 6.54 Å². The van der Waals surface area contributed by atoms with Gasteiger partial charge in [-0.3, -0.25) is 4.79 Å². The maximum atomic E-state index is 12.7. The topological polar surface area (TPSA) is 74.0 Å². The van der Waals surface area contributed by atoms with Crippen molar-refractivity contribution in [2.75, 3.05) is 16.8 Å². The molecular formula is C18H15N5OS. The molecule has 0 spiro atoms. The molecule has 1 amide bonds. The highest BCUT2D eigenvalue weighted by Gasteiger charge is 2.34. The van der Waals surface area contributed by atoms with Crippen LogP contribution in [-0.4, -0.2) is 28.3 Å². The molecule has 6 nitrogen and oxygen atoms in total. The molecule has 0 radical (unpaired) electrons. The molecule has 1 atom stereocenters. The highest BCUT2D eigenvalue weighted by molar-refractivity contribution is 7.14. The molecule has 4 rings (SSSR count). The van der Waals surface area contributed by atoms with Crippen LogP contribution in [0.5, 0.6) is 0 Å². The molecule has 3 aromatic rings. The van der Waals surface area contributed by atoms with Gasteiger partial charge in [-0.15, -0.1) is 11.3 Å². The summed E-state index contributed by atoms with van der Waals surface area (Å²) in [4.78, 5) is 14.4. The second-order valence-electron chi connectivity index (χ2n) is 5.74. The van der Waals surface area contributed by atoms with Crippen molar-refractivity contribution in [3.8, 4) is 11.8 Å². The van der Waals surface area contributed by atoms with Crippen molar-refractivity contribution >= 4 is 27.9 Å². The fraction of sp³-hybridized carbons (Fsp3) is 0.167. The molecule has 1 fully saturated rings. The zero-order valence-electron chi connectivity index (χ0n) is 13.3. The molecule has 7 heteroatoms. The van der Waals surface area contributed by atoms with Crippen molar-refractivity contribution in [1.82, 2.24) is 9.78 Å². The number of hydrogen-bond donors (Lipinski definition) is 1. The van der Waals surface area contributed by atoms with E-state index in [-0.39, 0.29) is 11.9 Å². The number of nitrogens with zero attached hydrogens (tertiary/aromatic N) is 4. The zero-order valence-corrected chi connectivity index (χ0v) is 14.1. The number of amides is 1. The lowest BCUT2D eigenvalue weighted by Gasteiger charge is -2.15. The first-order valence-electron chi connectivity index (χ1n) is 7.92. The van der Waals surface area contributed by atoms with Crippen LogP contribution < -0.4 is 10.2 Å². The highest BCUT2D eigenvalue weighted by Crippen LogP contribution is 2.31. The van der Waals surface area contributed by atoms with E-state index in [1.807, 2.05) is 41.9 Å². The number of benzene rings is 1. The molecule has 0 aliphatic carbocycles. The first-order chi connectivity index (χ1) is 12.3. The lowest BCUT2D eigenvalue weighted by molar-refractivity contribution is -0.117. The van der Waals surface area contributed by atoms with Crippen LogP contribution >= 0.6 is 11.3 Å². The first-order valence-corrected chi connectivity index (χ1v) is 8.80. The van der Waals surface area contributed by atoms with Crippen molar-refractivity contribution in [3.63, 3.8) is 0 Å². The number of para-hydroxylation sites is 1. The van der Waals surface area contributed by atoms with Gasteiger partial charge >= 0.3 is 0 Å². The third kappa shape index (κ3) is 2.88. The van der Waals surface area contributed by atoms with E-state index in [9.17, 15) is 4.79 Å². The Bertz CT molecular complexity index is 940. The Kier molecular flexibility index (Phi) is 3.96. The molecule has 1 saturated heterocycles. The number of nitriles is 1. The molecule has 2 aromatic heterocycles. The van der Waals surface area contributed by atoms with E-state index in [0.717, 1.165) is 16.4 Å². The predicted molar refractivity (Wildman–Crippen MR) is 97.0 cm³/mol. The second kappa shape index (κ2) is 6.42. The van der Waals surface area contributed by atoms with Crippen LogP contribution in [0, 0.1) is 11.3 Å². The SMILES string of the molecule is N#Cc1ccsc1N1CCC(Nc2cnn(-c3ccccc3)c2)C1=O. The molecule has 1 aromatic carbocycles. The number of anilines is 2. The van der Waals surface area contributed by atoms with E-state index in [2.05, 4.69) is 16.5 Å². The Labute approximate surface area is 148 Å². The fourth-order valence-electron chi connectivity index (χ4n) is 2.93. The van der Waals surface area contributed by atoms with Crippen LogP contribution in [0.1, 0.15) is 12.0 Å². The Morgan fingerprint density at radius 3 is 2.92 bits per heavy atom. The summed E-state index contributed by atoms with van der Waals surface area (Å²) >= 11 is 1.42. The van der Waals surface area contributed by atoms with E-state index in [1.165, 1.54) is 11.3 Å². The molecule has 25 heavy (non-hydrogen) atoms. The largest absolute Gasteiger partial charge is 0.371 e. The van der Waals surface area contributed by atoms with Crippen LogP contribution in [0.25, 0.3) is 5.69 Å². The monoisotopic (exact) mass is 349 g/mol. The fourth-order valence-corrected chi connectivity index (χ4v) is 3.81. The van der Waals surface area contributed by atoms with Crippen molar-refractivity contribution in [2.24, 2.45) is 0 Å². The van der Waals surface area contributed by atoms with Gasteiger partial charge in [0.05, 0.1) is 29.3 Å². The maximum absolute atomic E-state index is 12.7. The summed E-state index contributed by atoms with van der Waals surface area (Å²) in [6.07, 6.45) is 4.28. The average molecular weight is 349 g/mol. The summed E-state index contributed by atoms with van der Waals surface area (Å²) in [7, 11) is 0. The number of carbonyl (C=O) groups excluding carboxylic acids is 1. The Morgan fingerprint density at radius 2 is 2.12 bits per heavy atom. The summed E-state index contributed by atoms with van der Waals surface area (Å²) in [6.45, 7) is 0.610. The average Bonchev–Trinajstić information content (AvgIpc) is 3.37. The quantitative estimate of drug-likeness (QED) is 0.786. The van der Waals surface area contributed by atoms with Gasteiger partial charge in [-0.25, -0.2) is 4.68 Å². The molecule has 3 heterocycles. The molecule has 124 valence electrons. The van der Waals surface area contributed by atoms with Gasteiger partial charge in [0.15, 0.2) is 0 Å². The van der Waals surface area contributed by atoms with Gasteiger partial charge in [-0.2, -0.15) is 10.4 Å². The van der Waals surface area contributed by atoms with Gasteiger partial charge in [0.25, 0.3) is 0 Å². The number of carbonyl (C=O) groups is 1. The van der Waals surface area contributed by atoms with Gasteiger partial charge in [-0.1, -0.05) is 18.2 Å². The minimum Gasteiger partial charge on any atom is -0.371 e. The van der Waals surface area contributed by atoms with Crippen LogP contribution in [0.4, 0.5) is 10.7 Å². The molecular weight excluding hydrogens is 334 g/mol. The van der Waals surface area contributed by atoms with Gasteiger partial charge in [0.1, 0.15) is 17.1 Å². The lowest BCUT2D eigenvalue weighted by atomic mass is 10.2. The lowest BCUT2D eigenvalue weighted by Crippen LogP contribution is -2.33.